The van der Waals surface area contributed by atoms with E-state index in [-0.39, 0.29) is 0 Å². The van der Waals surface area contributed by atoms with Crippen LogP contribution >= 0.6 is 23.2 Å². The lowest BCUT2D eigenvalue weighted by Gasteiger charge is -2.05. The Labute approximate surface area is 97.4 Å². The summed E-state index contributed by atoms with van der Waals surface area (Å²) in [6, 6.07) is 5.33. The minimum Gasteiger partial charge on any atom is -0.396 e. The van der Waals surface area contributed by atoms with E-state index in [2.05, 4.69) is 5.10 Å². The molecule has 2 N–H and O–H groups in total. The second-order valence-corrected chi connectivity index (χ2v) is 4.01. The highest BCUT2D eigenvalue weighted by atomic mass is 35.5. The van der Waals surface area contributed by atoms with Crippen LogP contribution in [-0.4, -0.2) is 9.78 Å². The van der Waals surface area contributed by atoms with E-state index in [1.165, 1.54) is 0 Å². The molecule has 3 nitrogen and oxygen atoms in total. The van der Waals surface area contributed by atoms with Crippen LogP contribution in [0.4, 0.5) is 5.69 Å². The summed E-state index contributed by atoms with van der Waals surface area (Å²) in [6.45, 7) is 1.89. The first-order valence-electron chi connectivity index (χ1n) is 4.35. The smallest absolute Gasteiger partial charge is 0.0734 e. The van der Waals surface area contributed by atoms with Crippen molar-refractivity contribution < 1.29 is 0 Å². The Morgan fingerprint density at radius 2 is 2.00 bits per heavy atom. The molecule has 2 aromatic rings. The lowest BCUT2D eigenvalue weighted by atomic mass is 10.3. The molecule has 0 bridgehead atoms. The number of benzene rings is 1. The van der Waals surface area contributed by atoms with Crippen LogP contribution in [0.1, 0.15) is 5.69 Å². The molecule has 1 heterocycles. The second kappa shape index (κ2) is 3.76. The van der Waals surface area contributed by atoms with Gasteiger partial charge >= 0.3 is 0 Å². The fraction of sp³-hybridized carbons (Fsp3) is 0.100. The Balaban J connectivity index is 2.55. The van der Waals surface area contributed by atoms with Gasteiger partial charge in [-0.25, -0.2) is 4.68 Å². The summed E-state index contributed by atoms with van der Waals surface area (Å²) < 4.78 is 1.72. The van der Waals surface area contributed by atoms with Crippen LogP contribution in [0.3, 0.4) is 0 Å². The van der Waals surface area contributed by atoms with Crippen LogP contribution in [0, 0.1) is 6.92 Å². The van der Waals surface area contributed by atoms with Crippen molar-refractivity contribution in [2.24, 2.45) is 0 Å². The van der Waals surface area contributed by atoms with Gasteiger partial charge in [-0.05, 0) is 25.1 Å². The van der Waals surface area contributed by atoms with Gasteiger partial charge in [0.25, 0.3) is 0 Å². The zero-order valence-electron chi connectivity index (χ0n) is 8.04. The van der Waals surface area contributed by atoms with E-state index in [4.69, 9.17) is 28.9 Å². The molecule has 15 heavy (non-hydrogen) atoms. The summed E-state index contributed by atoms with van der Waals surface area (Å²) in [7, 11) is 0. The maximum absolute atomic E-state index is 5.92. The Morgan fingerprint density at radius 1 is 1.27 bits per heavy atom. The highest BCUT2D eigenvalue weighted by Gasteiger charge is 2.06. The first-order valence-corrected chi connectivity index (χ1v) is 5.10. The molecule has 1 aromatic heterocycles. The van der Waals surface area contributed by atoms with Gasteiger partial charge in [0.15, 0.2) is 0 Å². The van der Waals surface area contributed by atoms with Crippen LogP contribution < -0.4 is 5.73 Å². The van der Waals surface area contributed by atoms with Gasteiger partial charge < -0.3 is 5.73 Å². The lowest BCUT2D eigenvalue weighted by molar-refractivity contribution is 0.847. The maximum Gasteiger partial charge on any atom is 0.0734 e. The summed E-state index contributed by atoms with van der Waals surface area (Å²) in [5.41, 5.74) is 8.09. The number of nitrogen functional groups attached to an aromatic ring is 1. The van der Waals surface area contributed by atoms with Crippen LogP contribution in [0.5, 0.6) is 0 Å². The molecule has 0 fully saturated rings. The van der Waals surface area contributed by atoms with E-state index >= 15 is 0 Å². The minimum absolute atomic E-state index is 0.502. The van der Waals surface area contributed by atoms with Crippen molar-refractivity contribution >= 4 is 28.9 Å². The van der Waals surface area contributed by atoms with Gasteiger partial charge in [-0.1, -0.05) is 23.2 Å². The predicted octanol–water partition coefficient (Wildman–Crippen LogP) is 3.07. The largest absolute Gasteiger partial charge is 0.396 e. The monoisotopic (exact) mass is 241 g/mol. The summed E-state index contributed by atoms with van der Waals surface area (Å²) >= 11 is 11.7. The fourth-order valence-corrected chi connectivity index (χ4v) is 1.59. The quantitative estimate of drug-likeness (QED) is 0.835. The molecule has 0 unspecified atom stereocenters. The van der Waals surface area contributed by atoms with Crippen molar-refractivity contribution in [1.82, 2.24) is 9.78 Å². The van der Waals surface area contributed by atoms with Gasteiger partial charge in [0.1, 0.15) is 0 Å². The predicted molar refractivity (Wildman–Crippen MR) is 62.7 cm³/mol. The fourth-order valence-electron chi connectivity index (χ4n) is 1.30. The van der Waals surface area contributed by atoms with Gasteiger partial charge in [-0.2, -0.15) is 5.10 Å². The van der Waals surface area contributed by atoms with Gasteiger partial charge in [-0.3, -0.25) is 0 Å². The van der Waals surface area contributed by atoms with Crippen molar-refractivity contribution in [3.05, 3.63) is 40.1 Å². The van der Waals surface area contributed by atoms with E-state index in [1.807, 2.05) is 13.0 Å². The average molecular weight is 242 g/mol. The first kappa shape index (κ1) is 10.3. The number of hydrogen-bond donors (Lipinski definition) is 1. The number of rotatable bonds is 1. The van der Waals surface area contributed by atoms with Crippen LogP contribution in [-0.2, 0) is 0 Å². The third kappa shape index (κ3) is 1.80. The second-order valence-electron chi connectivity index (χ2n) is 3.20. The normalized spacial score (nSPS) is 10.6. The zero-order valence-corrected chi connectivity index (χ0v) is 9.55. The van der Waals surface area contributed by atoms with Crippen molar-refractivity contribution in [1.29, 1.82) is 0 Å². The molecule has 5 heteroatoms. The highest BCUT2D eigenvalue weighted by molar-refractivity contribution is 6.42. The average Bonchev–Trinajstić information content (AvgIpc) is 2.53. The molecule has 0 spiro atoms. The van der Waals surface area contributed by atoms with Crippen LogP contribution in [0.25, 0.3) is 5.69 Å². The van der Waals surface area contributed by atoms with E-state index in [0.717, 1.165) is 11.4 Å². The molecular formula is C10H9Cl2N3. The van der Waals surface area contributed by atoms with Crippen LogP contribution in [0.15, 0.2) is 24.4 Å². The number of anilines is 1. The maximum atomic E-state index is 5.92. The van der Waals surface area contributed by atoms with Crippen molar-refractivity contribution in [2.45, 2.75) is 6.92 Å². The number of hydrogen-bond acceptors (Lipinski definition) is 2. The Morgan fingerprint density at radius 3 is 2.53 bits per heavy atom. The SMILES string of the molecule is Cc1c(N)cnn1-c1ccc(Cl)c(Cl)c1. The van der Waals surface area contributed by atoms with Crippen molar-refractivity contribution in [2.75, 3.05) is 5.73 Å². The third-order valence-corrected chi connectivity index (χ3v) is 2.93. The highest BCUT2D eigenvalue weighted by Crippen LogP contribution is 2.25. The first-order chi connectivity index (χ1) is 7.09. The molecule has 0 radical (unpaired) electrons. The number of halogens is 2. The number of nitrogens with zero attached hydrogens (tertiary/aromatic N) is 2. The standard InChI is InChI=1S/C10H9Cl2N3/c1-6-10(13)5-14-15(6)7-2-3-8(11)9(12)4-7/h2-5H,13H2,1H3. The summed E-state index contributed by atoms with van der Waals surface area (Å²) in [5, 5.41) is 5.17. The van der Waals surface area contributed by atoms with E-state index in [1.54, 1.807) is 23.0 Å². The zero-order chi connectivity index (χ0) is 11.0. The van der Waals surface area contributed by atoms with E-state index in [0.29, 0.717) is 15.7 Å². The van der Waals surface area contributed by atoms with Gasteiger partial charge in [0.2, 0.25) is 0 Å². The van der Waals surface area contributed by atoms with Gasteiger partial charge in [-0.15, -0.1) is 0 Å². The molecule has 0 aliphatic heterocycles. The summed E-state index contributed by atoms with van der Waals surface area (Å²) in [6.07, 6.45) is 1.61. The topological polar surface area (TPSA) is 43.8 Å². The Hall–Kier alpha value is -1.19. The van der Waals surface area contributed by atoms with E-state index in [9.17, 15) is 0 Å². The Kier molecular flexibility index (Phi) is 2.59. The molecule has 0 amide bonds. The Bertz CT molecular complexity index is 505. The molecule has 0 saturated heterocycles. The van der Waals surface area contributed by atoms with Gasteiger partial charge in [0, 0.05) is 0 Å². The van der Waals surface area contributed by atoms with E-state index < -0.39 is 0 Å². The molecule has 2 rings (SSSR count). The molecular weight excluding hydrogens is 233 g/mol. The summed E-state index contributed by atoms with van der Waals surface area (Å²) in [4.78, 5) is 0. The molecule has 0 aliphatic carbocycles. The molecule has 1 aromatic carbocycles. The molecule has 0 atom stereocenters. The van der Waals surface area contributed by atoms with Gasteiger partial charge in [0.05, 0.1) is 33.3 Å². The van der Waals surface area contributed by atoms with Crippen molar-refractivity contribution in [3.8, 4) is 5.69 Å². The third-order valence-electron chi connectivity index (χ3n) is 2.20. The van der Waals surface area contributed by atoms with Crippen molar-refractivity contribution in [3.63, 3.8) is 0 Å². The minimum atomic E-state index is 0.502. The molecule has 0 saturated carbocycles. The number of nitrogens with two attached hydrogens (primary N) is 1. The lowest BCUT2D eigenvalue weighted by Crippen LogP contribution is -1.99. The molecule has 0 aliphatic rings. The van der Waals surface area contributed by atoms with Crippen LogP contribution in [0.2, 0.25) is 10.0 Å². The molecule has 78 valence electrons. The number of aromatic nitrogens is 2. The summed E-state index contributed by atoms with van der Waals surface area (Å²) in [5.74, 6) is 0.